The second-order valence-corrected chi connectivity index (χ2v) is 4.18. The topological polar surface area (TPSA) is 95.9 Å². The van der Waals surface area contributed by atoms with E-state index < -0.39 is 24.1 Å². The van der Waals surface area contributed by atoms with Crippen LogP contribution in [0.4, 0.5) is 0 Å². The van der Waals surface area contributed by atoms with Gasteiger partial charge in [0.05, 0.1) is 6.54 Å². The van der Waals surface area contributed by atoms with Crippen molar-refractivity contribution in [3.63, 3.8) is 0 Å². The summed E-state index contributed by atoms with van der Waals surface area (Å²) in [5.41, 5.74) is 1.01. The summed E-state index contributed by atoms with van der Waals surface area (Å²) in [7, 11) is 0. The number of carboxylic acid groups (broad SMARTS) is 1. The molecule has 0 aliphatic rings. The monoisotopic (exact) mass is 267 g/mol. The molecule has 1 aromatic carbocycles. The Morgan fingerprint density at radius 2 is 2.11 bits per heavy atom. The van der Waals surface area contributed by atoms with Crippen LogP contribution in [0.2, 0.25) is 0 Å². The second-order valence-electron chi connectivity index (χ2n) is 4.18. The normalized spacial score (nSPS) is 13.4. The van der Waals surface area contributed by atoms with Gasteiger partial charge >= 0.3 is 5.97 Å². The summed E-state index contributed by atoms with van der Waals surface area (Å²) in [4.78, 5) is 22.0. The summed E-state index contributed by atoms with van der Waals surface area (Å²) in [5.74, 6) is -1.31. The van der Waals surface area contributed by atoms with Crippen LogP contribution in [0, 0.1) is 6.92 Å². The van der Waals surface area contributed by atoms with Gasteiger partial charge in [-0.05, 0) is 31.5 Å². The van der Waals surface area contributed by atoms with E-state index in [2.05, 4.69) is 5.32 Å². The van der Waals surface area contributed by atoms with Gasteiger partial charge in [0.2, 0.25) is 0 Å². The molecule has 1 amide bonds. The molecule has 6 heteroatoms. The lowest BCUT2D eigenvalue weighted by molar-refractivity contribution is -0.146. The van der Waals surface area contributed by atoms with Crippen molar-refractivity contribution in [3.8, 4) is 5.75 Å². The van der Waals surface area contributed by atoms with E-state index in [1.807, 2.05) is 19.1 Å². The van der Waals surface area contributed by atoms with Crippen LogP contribution < -0.4 is 10.1 Å². The zero-order chi connectivity index (χ0) is 14.4. The number of carbonyl (C=O) groups excluding carboxylic acids is 1. The third-order valence-electron chi connectivity index (χ3n) is 2.43. The maximum atomic E-state index is 11.6. The lowest BCUT2D eigenvalue weighted by Gasteiger charge is -2.15. The first kappa shape index (κ1) is 15.0. The van der Waals surface area contributed by atoms with Crippen LogP contribution >= 0.6 is 0 Å². The molecule has 0 saturated carbocycles. The molecular weight excluding hydrogens is 250 g/mol. The highest BCUT2D eigenvalue weighted by molar-refractivity contribution is 5.81. The fourth-order valence-corrected chi connectivity index (χ4v) is 1.37. The minimum Gasteiger partial charge on any atom is -0.481 e. The van der Waals surface area contributed by atoms with Gasteiger partial charge in [-0.3, -0.25) is 4.79 Å². The molecule has 0 aromatic heterocycles. The molecule has 0 bridgehead atoms. The molecule has 1 aromatic rings. The molecule has 3 N–H and O–H groups in total. The highest BCUT2D eigenvalue weighted by Gasteiger charge is 2.18. The molecular formula is C13H17NO5. The smallest absolute Gasteiger partial charge is 0.334 e. The number of benzene rings is 1. The number of aliphatic hydroxyl groups is 1. The first-order valence-corrected chi connectivity index (χ1v) is 5.82. The van der Waals surface area contributed by atoms with Gasteiger partial charge in [0, 0.05) is 0 Å². The molecule has 6 nitrogen and oxygen atoms in total. The van der Waals surface area contributed by atoms with Crippen LogP contribution in [0.1, 0.15) is 12.5 Å². The number of hydrogen-bond donors (Lipinski definition) is 3. The van der Waals surface area contributed by atoms with Crippen LogP contribution in [0.25, 0.3) is 0 Å². The zero-order valence-electron chi connectivity index (χ0n) is 10.8. The summed E-state index contributed by atoms with van der Waals surface area (Å²) in [6, 6.07) is 7.23. The number of aryl methyl sites for hydroxylation is 1. The van der Waals surface area contributed by atoms with E-state index in [0.29, 0.717) is 5.75 Å². The highest BCUT2D eigenvalue weighted by atomic mass is 16.5. The van der Waals surface area contributed by atoms with Crippen molar-refractivity contribution < 1.29 is 24.5 Å². The van der Waals surface area contributed by atoms with Crippen LogP contribution in [0.15, 0.2) is 24.3 Å². The number of aliphatic carboxylic acids is 1. The minimum atomic E-state index is -1.62. The Balaban J connectivity index is 2.47. The van der Waals surface area contributed by atoms with Crippen molar-refractivity contribution in [2.45, 2.75) is 26.1 Å². The molecule has 0 fully saturated rings. The minimum absolute atomic E-state index is 0.352. The SMILES string of the molecule is Cc1cccc(OC(C)C(=O)NC[C@H](O)C(=O)O)c1. The summed E-state index contributed by atoms with van der Waals surface area (Å²) in [6.45, 7) is 3.10. The number of nitrogens with one attached hydrogen (secondary N) is 1. The number of hydrogen-bond acceptors (Lipinski definition) is 4. The van der Waals surface area contributed by atoms with Crippen molar-refractivity contribution >= 4 is 11.9 Å². The van der Waals surface area contributed by atoms with Crippen molar-refractivity contribution in [1.29, 1.82) is 0 Å². The molecule has 19 heavy (non-hydrogen) atoms. The van der Waals surface area contributed by atoms with E-state index in [9.17, 15) is 9.59 Å². The van der Waals surface area contributed by atoms with Crippen molar-refractivity contribution in [2.24, 2.45) is 0 Å². The van der Waals surface area contributed by atoms with Crippen molar-refractivity contribution in [1.82, 2.24) is 5.32 Å². The van der Waals surface area contributed by atoms with Gasteiger partial charge in [0.1, 0.15) is 5.75 Å². The molecule has 104 valence electrons. The number of carbonyl (C=O) groups is 2. The molecule has 1 unspecified atom stereocenters. The average molecular weight is 267 g/mol. The average Bonchev–Trinajstić information content (AvgIpc) is 2.35. The van der Waals surface area contributed by atoms with Gasteiger partial charge in [-0.1, -0.05) is 12.1 Å². The summed E-state index contributed by atoms with van der Waals surface area (Å²) in [6.07, 6.45) is -2.39. The summed E-state index contributed by atoms with van der Waals surface area (Å²) >= 11 is 0. The molecule has 1 rings (SSSR count). The lowest BCUT2D eigenvalue weighted by Crippen LogP contribution is -2.42. The van der Waals surface area contributed by atoms with Crippen LogP contribution in [0.3, 0.4) is 0 Å². The van der Waals surface area contributed by atoms with Crippen molar-refractivity contribution in [2.75, 3.05) is 6.54 Å². The Morgan fingerprint density at radius 1 is 1.42 bits per heavy atom. The van der Waals surface area contributed by atoms with Gasteiger partial charge in [0.25, 0.3) is 5.91 Å². The largest absolute Gasteiger partial charge is 0.481 e. The number of rotatable bonds is 6. The van der Waals surface area contributed by atoms with Gasteiger partial charge in [-0.15, -0.1) is 0 Å². The predicted molar refractivity (Wildman–Crippen MR) is 67.9 cm³/mol. The van der Waals surface area contributed by atoms with E-state index in [4.69, 9.17) is 14.9 Å². The second kappa shape index (κ2) is 6.75. The Hall–Kier alpha value is -2.08. The van der Waals surface area contributed by atoms with E-state index >= 15 is 0 Å². The number of carboxylic acids is 1. The number of ether oxygens (including phenoxy) is 1. The van der Waals surface area contributed by atoms with Crippen molar-refractivity contribution in [3.05, 3.63) is 29.8 Å². The first-order valence-electron chi connectivity index (χ1n) is 5.82. The molecule has 0 heterocycles. The van der Waals surface area contributed by atoms with Gasteiger partial charge < -0.3 is 20.3 Å². The third kappa shape index (κ3) is 4.97. The van der Waals surface area contributed by atoms with E-state index in [1.54, 1.807) is 19.1 Å². The van der Waals surface area contributed by atoms with Crippen LogP contribution in [-0.4, -0.2) is 40.8 Å². The first-order chi connectivity index (χ1) is 8.90. The molecule has 0 aliphatic carbocycles. The van der Waals surface area contributed by atoms with Crippen LogP contribution in [0.5, 0.6) is 5.75 Å². The fraction of sp³-hybridized carbons (Fsp3) is 0.385. The maximum absolute atomic E-state index is 11.6. The Kier molecular flexibility index (Phi) is 5.32. The lowest BCUT2D eigenvalue weighted by atomic mass is 10.2. The number of aliphatic hydroxyl groups excluding tert-OH is 1. The summed E-state index contributed by atoms with van der Waals surface area (Å²) < 4.78 is 5.41. The maximum Gasteiger partial charge on any atom is 0.334 e. The zero-order valence-corrected chi connectivity index (χ0v) is 10.8. The molecule has 0 aliphatic heterocycles. The fourth-order valence-electron chi connectivity index (χ4n) is 1.37. The Bertz CT molecular complexity index is 460. The molecule has 0 radical (unpaired) electrons. The van der Waals surface area contributed by atoms with Gasteiger partial charge in [-0.2, -0.15) is 0 Å². The highest BCUT2D eigenvalue weighted by Crippen LogP contribution is 2.14. The predicted octanol–water partition coefficient (Wildman–Crippen LogP) is 0.324. The number of amides is 1. The van der Waals surface area contributed by atoms with Gasteiger partial charge in [0.15, 0.2) is 12.2 Å². The summed E-state index contributed by atoms with van der Waals surface area (Å²) in [5, 5.41) is 19.8. The van der Waals surface area contributed by atoms with E-state index in [-0.39, 0.29) is 6.54 Å². The molecule has 0 saturated heterocycles. The third-order valence-corrected chi connectivity index (χ3v) is 2.43. The van der Waals surface area contributed by atoms with E-state index in [0.717, 1.165) is 5.56 Å². The quantitative estimate of drug-likeness (QED) is 0.690. The standard InChI is InChI=1S/C13H17NO5/c1-8-4-3-5-10(6-8)19-9(2)12(16)14-7-11(15)13(17)18/h3-6,9,11,15H,7H2,1-2H3,(H,14,16)(H,17,18)/t9?,11-/m0/s1. The molecule has 2 atom stereocenters. The van der Waals surface area contributed by atoms with Gasteiger partial charge in [-0.25, -0.2) is 4.79 Å². The molecule has 0 spiro atoms. The van der Waals surface area contributed by atoms with E-state index in [1.165, 1.54) is 0 Å². The Morgan fingerprint density at radius 3 is 2.68 bits per heavy atom. The van der Waals surface area contributed by atoms with Crippen LogP contribution in [-0.2, 0) is 9.59 Å². The Labute approximate surface area is 111 Å².